The molecule has 1 aromatic heterocycles. The molecule has 0 aliphatic carbocycles. The molecule has 1 aliphatic rings. The average molecular weight is 348 g/mol. The summed E-state index contributed by atoms with van der Waals surface area (Å²) in [7, 11) is 0. The van der Waals surface area contributed by atoms with Crippen LogP contribution in [-0.4, -0.2) is 22.1 Å². The Balaban J connectivity index is 1.87. The number of ketones is 1. The van der Waals surface area contributed by atoms with Crippen LogP contribution in [0.5, 0.6) is 0 Å². The minimum Gasteiger partial charge on any atom is -0.384 e. The van der Waals surface area contributed by atoms with Gasteiger partial charge in [0, 0.05) is 24.3 Å². The molecule has 5 heteroatoms. The molecular weight excluding hydrogens is 330 g/mol. The van der Waals surface area contributed by atoms with Gasteiger partial charge in [0.15, 0.2) is 5.78 Å². The van der Waals surface area contributed by atoms with E-state index in [9.17, 15) is 4.79 Å². The van der Waals surface area contributed by atoms with Crippen molar-refractivity contribution >= 4 is 27.4 Å². The number of aromatic nitrogens is 2. The van der Waals surface area contributed by atoms with Gasteiger partial charge in [-0.3, -0.25) is 9.48 Å². The summed E-state index contributed by atoms with van der Waals surface area (Å²) in [4.78, 5) is 12.6. The molecular formula is C16H18BrN3O. The number of rotatable bonds is 4. The highest BCUT2D eigenvalue weighted by molar-refractivity contribution is 9.10. The van der Waals surface area contributed by atoms with Gasteiger partial charge in [-0.2, -0.15) is 5.10 Å². The number of halogens is 1. The normalized spacial score (nSPS) is 13.1. The van der Waals surface area contributed by atoms with Crippen molar-refractivity contribution in [3.63, 3.8) is 0 Å². The smallest absolute Gasteiger partial charge is 0.168 e. The number of nitrogens with zero attached hydrogens (tertiary/aromatic N) is 2. The number of carbonyl (C=O) groups is 1. The molecule has 0 fully saturated rings. The molecule has 2 aromatic rings. The van der Waals surface area contributed by atoms with E-state index in [1.54, 1.807) is 0 Å². The maximum absolute atomic E-state index is 12.6. The lowest BCUT2D eigenvalue weighted by atomic mass is 10.0. The van der Waals surface area contributed by atoms with Crippen LogP contribution in [0.3, 0.4) is 0 Å². The van der Waals surface area contributed by atoms with Crippen molar-refractivity contribution in [3.8, 4) is 0 Å². The molecule has 0 unspecified atom stereocenters. The molecule has 1 aromatic carbocycles. The SMILES string of the molecule is CCn1nc(C)c(Br)c1CC(=O)c1ccc2c(c1)NCC2. The van der Waals surface area contributed by atoms with Gasteiger partial charge in [0.25, 0.3) is 0 Å². The van der Waals surface area contributed by atoms with E-state index in [1.807, 2.05) is 30.7 Å². The Hall–Kier alpha value is -1.62. The number of Topliss-reactive ketones (excluding diaryl/α,β-unsaturated/α-hetero) is 1. The first-order chi connectivity index (χ1) is 10.1. The summed E-state index contributed by atoms with van der Waals surface area (Å²) >= 11 is 3.54. The fourth-order valence-electron chi connectivity index (χ4n) is 2.76. The van der Waals surface area contributed by atoms with Gasteiger partial charge in [-0.15, -0.1) is 0 Å². The molecule has 2 heterocycles. The number of aryl methyl sites for hydroxylation is 2. The fraction of sp³-hybridized carbons (Fsp3) is 0.375. The topological polar surface area (TPSA) is 46.9 Å². The average Bonchev–Trinajstić information content (AvgIpc) is 3.05. The fourth-order valence-corrected chi connectivity index (χ4v) is 3.18. The van der Waals surface area contributed by atoms with Crippen LogP contribution >= 0.6 is 15.9 Å². The Morgan fingerprint density at radius 1 is 1.48 bits per heavy atom. The van der Waals surface area contributed by atoms with Crippen molar-refractivity contribution in [1.29, 1.82) is 0 Å². The molecule has 0 saturated heterocycles. The van der Waals surface area contributed by atoms with Crippen LogP contribution < -0.4 is 5.32 Å². The van der Waals surface area contributed by atoms with Crippen LogP contribution in [0.4, 0.5) is 5.69 Å². The predicted octanol–water partition coefficient (Wildman–Crippen LogP) is 3.37. The molecule has 1 N–H and O–H groups in total. The molecule has 0 amide bonds. The summed E-state index contributed by atoms with van der Waals surface area (Å²) in [6, 6.07) is 5.96. The van der Waals surface area contributed by atoms with Crippen LogP contribution in [0.2, 0.25) is 0 Å². The first-order valence-electron chi connectivity index (χ1n) is 7.22. The van der Waals surface area contributed by atoms with E-state index in [0.29, 0.717) is 6.42 Å². The molecule has 0 bridgehead atoms. The highest BCUT2D eigenvalue weighted by Gasteiger charge is 2.18. The van der Waals surface area contributed by atoms with E-state index >= 15 is 0 Å². The minimum atomic E-state index is 0.127. The Labute approximate surface area is 132 Å². The third kappa shape index (κ3) is 2.62. The first-order valence-corrected chi connectivity index (χ1v) is 8.01. The second-order valence-corrected chi connectivity index (χ2v) is 6.10. The number of hydrogen-bond donors (Lipinski definition) is 1. The first kappa shape index (κ1) is 14.3. The summed E-state index contributed by atoms with van der Waals surface area (Å²) in [5, 5.41) is 7.76. The second kappa shape index (κ2) is 5.64. The quantitative estimate of drug-likeness (QED) is 0.862. The summed E-state index contributed by atoms with van der Waals surface area (Å²) in [6.45, 7) is 5.71. The third-order valence-corrected chi connectivity index (χ3v) is 4.95. The predicted molar refractivity (Wildman–Crippen MR) is 87.0 cm³/mol. The Morgan fingerprint density at radius 3 is 3.05 bits per heavy atom. The van der Waals surface area contributed by atoms with E-state index in [-0.39, 0.29) is 5.78 Å². The molecule has 0 radical (unpaired) electrons. The zero-order valence-electron chi connectivity index (χ0n) is 12.2. The number of benzene rings is 1. The molecule has 110 valence electrons. The monoisotopic (exact) mass is 347 g/mol. The molecule has 21 heavy (non-hydrogen) atoms. The number of anilines is 1. The van der Waals surface area contributed by atoms with Gasteiger partial charge in [0.1, 0.15) is 0 Å². The van der Waals surface area contributed by atoms with Crippen LogP contribution in [0, 0.1) is 6.92 Å². The Kier molecular flexibility index (Phi) is 3.85. The lowest BCUT2D eigenvalue weighted by molar-refractivity contribution is 0.0990. The molecule has 1 aliphatic heterocycles. The second-order valence-electron chi connectivity index (χ2n) is 5.31. The van der Waals surface area contributed by atoms with E-state index < -0.39 is 0 Å². The molecule has 0 atom stereocenters. The van der Waals surface area contributed by atoms with Gasteiger partial charge in [-0.25, -0.2) is 0 Å². The maximum atomic E-state index is 12.6. The molecule has 3 rings (SSSR count). The lowest BCUT2D eigenvalue weighted by Crippen LogP contribution is -2.10. The van der Waals surface area contributed by atoms with E-state index in [2.05, 4.69) is 32.4 Å². The summed E-state index contributed by atoms with van der Waals surface area (Å²) < 4.78 is 2.83. The van der Waals surface area contributed by atoms with Crippen LogP contribution in [-0.2, 0) is 19.4 Å². The number of hydrogen-bond acceptors (Lipinski definition) is 3. The number of nitrogens with one attached hydrogen (secondary N) is 1. The number of fused-ring (bicyclic) bond motifs is 1. The lowest BCUT2D eigenvalue weighted by Gasteiger charge is -2.07. The summed E-state index contributed by atoms with van der Waals surface area (Å²) in [6.07, 6.45) is 1.41. The molecule has 4 nitrogen and oxygen atoms in total. The van der Waals surface area contributed by atoms with Crippen LogP contribution in [0.15, 0.2) is 22.7 Å². The van der Waals surface area contributed by atoms with E-state index in [0.717, 1.165) is 46.6 Å². The Bertz CT molecular complexity index is 706. The van der Waals surface area contributed by atoms with Gasteiger partial charge >= 0.3 is 0 Å². The van der Waals surface area contributed by atoms with Gasteiger partial charge < -0.3 is 5.32 Å². The highest BCUT2D eigenvalue weighted by Crippen LogP contribution is 2.26. The zero-order chi connectivity index (χ0) is 15.0. The molecule has 0 saturated carbocycles. The third-order valence-electron chi connectivity index (χ3n) is 3.92. The van der Waals surface area contributed by atoms with Crippen molar-refractivity contribution in [2.75, 3.05) is 11.9 Å². The van der Waals surface area contributed by atoms with Gasteiger partial charge in [0.2, 0.25) is 0 Å². The van der Waals surface area contributed by atoms with Crippen molar-refractivity contribution < 1.29 is 4.79 Å². The van der Waals surface area contributed by atoms with Gasteiger partial charge in [0.05, 0.1) is 22.3 Å². The van der Waals surface area contributed by atoms with E-state index in [1.165, 1.54) is 5.56 Å². The minimum absolute atomic E-state index is 0.127. The largest absolute Gasteiger partial charge is 0.384 e. The zero-order valence-corrected chi connectivity index (χ0v) is 13.8. The summed E-state index contributed by atoms with van der Waals surface area (Å²) in [5.74, 6) is 0.127. The highest BCUT2D eigenvalue weighted by atomic mass is 79.9. The van der Waals surface area contributed by atoms with Gasteiger partial charge in [-0.1, -0.05) is 12.1 Å². The molecule has 0 spiro atoms. The maximum Gasteiger partial charge on any atom is 0.168 e. The van der Waals surface area contributed by atoms with Crippen molar-refractivity contribution in [2.24, 2.45) is 0 Å². The summed E-state index contributed by atoms with van der Waals surface area (Å²) in [5.41, 5.74) is 5.03. The van der Waals surface area contributed by atoms with Crippen LogP contribution in [0.25, 0.3) is 0 Å². The standard InChI is InChI=1S/C16H18BrN3O/c1-3-20-14(16(17)10(2)19-20)9-15(21)12-5-4-11-6-7-18-13(11)8-12/h4-5,8,18H,3,6-7,9H2,1-2H3. The number of carbonyl (C=O) groups excluding carboxylic acids is 1. The van der Waals surface area contributed by atoms with Gasteiger partial charge in [-0.05, 0) is 47.8 Å². The van der Waals surface area contributed by atoms with Crippen molar-refractivity contribution in [3.05, 3.63) is 45.2 Å². The van der Waals surface area contributed by atoms with Crippen molar-refractivity contribution in [2.45, 2.75) is 33.2 Å². The Morgan fingerprint density at radius 2 is 2.29 bits per heavy atom. The van der Waals surface area contributed by atoms with Crippen molar-refractivity contribution in [1.82, 2.24) is 9.78 Å². The van der Waals surface area contributed by atoms with E-state index in [4.69, 9.17) is 0 Å². The van der Waals surface area contributed by atoms with Crippen LogP contribution in [0.1, 0.15) is 34.2 Å².